The van der Waals surface area contributed by atoms with Crippen LogP contribution in [0.25, 0.3) is 11.3 Å². The molecule has 2 aromatic heterocycles. The maximum absolute atomic E-state index is 10.4. The molecule has 3 aromatic rings. The summed E-state index contributed by atoms with van der Waals surface area (Å²) in [7, 11) is 0. The zero-order valence-corrected chi connectivity index (χ0v) is 12.7. The lowest BCUT2D eigenvalue weighted by Gasteiger charge is -2.13. The van der Waals surface area contributed by atoms with Gasteiger partial charge in [0.15, 0.2) is 0 Å². The van der Waals surface area contributed by atoms with Gasteiger partial charge >= 0.3 is 0 Å². The fourth-order valence-electron chi connectivity index (χ4n) is 2.26. The summed E-state index contributed by atoms with van der Waals surface area (Å²) in [4.78, 5) is 0. The van der Waals surface area contributed by atoms with Gasteiger partial charge < -0.3 is 14.0 Å². The smallest absolute Gasteiger partial charge is 0.141 e. The van der Waals surface area contributed by atoms with Crippen LogP contribution in [0.3, 0.4) is 0 Å². The van der Waals surface area contributed by atoms with Crippen LogP contribution in [0.5, 0.6) is 0 Å². The van der Waals surface area contributed by atoms with E-state index in [9.17, 15) is 5.11 Å². The summed E-state index contributed by atoms with van der Waals surface area (Å²) in [5, 5.41) is 18.0. The number of nitrogens with one attached hydrogen (secondary N) is 1. The molecule has 0 aliphatic rings. The molecule has 0 aliphatic heterocycles. The van der Waals surface area contributed by atoms with Gasteiger partial charge in [-0.1, -0.05) is 35.0 Å². The molecule has 114 valence electrons. The minimum absolute atomic E-state index is 0.390. The molecule has 1 aromatic carbocycles. The van der Waals surface area contributed by atoms with Gasteiger partial charge in [0.05, 0.1) is 23.4 Å². The van der Waals surface area contributed by atoms with E-state index in [4.69, 9.17) is 20.5 Å². The van der Waals surface area contributed by atoms with E-state index in [0.717, 1.165) is 11.3 Å². The topological polar surface area (TPSA) is 71.4 Å². The molecule has 0 spiro atoms. The number of halogens is 1. The van der Waals surface area contributed by atoms with E-state index >= 15 is 0 Å². The molecule has 22 heavy (non-hydrogen) atoms. The summed E-state index contributed by atoms with van der Waals surface area (Å²) >= 11 is 6.20. The van der Waals surface area contributed by atoms with E-state index in [1.165, 1.54) is 0 Å². The highest BCUT2D eigenvalue weighted by Crippen LogP contribution is 2.33. The van der Waals surface area contributed by atoms with Crippen molar-refractivity contribution in [2.75, 3.05) is 0 Å². The normalized spacial score (nSPS) is 12.5. The Morgan fingerprint density at radius 3 is 2.82 bits per heavy atom. The largest absolute Gasteiger partial charge is 0.468 e. The Morgan fingerprint density at radius 1 is 1.27 bits per heavy atom. The van der Waals surface area contributed by atoms with Gasteiger partial charge in [-0.3, -0.25) is 5.32 Å². The van der Waals surface area contributed by atoms with Gasteiger partial charge in [0.1, 0.15) is 23.4 Å². The third-order valence-corrected chi connectivity index (χ3v) is 3.69. The van der Waals surface area contributed by atoms with Crippen LogP contribution >= 0.6 is 11.6 Å². The fourth-order valence-corrected chi connectivity index (χ4v) is 2.49. The predicted molar refractivity (Wildman–Crippen MR) is 82.2 cm³/mol. The summed E-state index contributed by atoms with van der Waals surface area (Å²) in [5.74, 6) is 1.27. The second-order valence-corrected chi connectivity index (χ2v) is 5.25. The Balaban J connectivity index is 1.87. The van der Waals surface area contributed by atoms with Crippen molar-refractivity contribution < 1.29 is 14.0 Å². The van der Waals surface area contributed by atoms with Crippen LogP contribution in [-0.4, -0.2) is 10.3 Å². The summed E-state index contributed by atoms with van der Waals surface area (Å²) in [5.41, 5.74) is 1.82. The van der Waals surface area contributed by atoms with Gasteiger partial charge in [-0.15, -0.1) is 0 Å². The summed E-state index contributed by atoms with van der Waals surface area (Å²) in [6, 6.07) is 10.9. The van der Waals surface area contributed by atoms with E-state index < -0.39 is 6.23 Å². The minimum atomic E-state index is -0.942. The first kappa shape index (κ1) is 14.8. The highest BCUT2D eigenvalue weighted by atomic mass is 35.5. The van der Waals surface area contributed by atoms with Crippen LogP contribution in [0.15, 0.2) is 51.6 Å². The van der Waals surface area contributed by atoms with Crippen molar-refractivity contribution in [2.24, 2.45) is 0 Å². The third kappa shape index (κ3) is 2.92. The number of rotatable bonds is 5. The molecule has 0 saturated heterocycles. The van der Waals surface area contributed by atoms with Gasteiger partial charge in [-0.05, 0) is 25.1 Å². The SMILES string of the molecule is Cc1onc(-c2ccccc2Cl)c1[C@@H](O)NCc1ccco1. The Bertz CT molecular complexity index is 753. The molecule has 0 aliphatic carbocycles. The maximum Gasteiger partial charge on any atom is 0.141 e. The van der Waals surface area contributed by atoms with E-state index in [1.807, 2.05) is 24.3 Å². The predicted octanol–water partition coefficient (Wildman–Crippen LogP) is 3.68. The zero-order valence-electron chi connectivity index (χ0n) is 11.9. The van der Waals surface area contributed by atoms with Gasteiger partial charge in [0.25, 0.3) is 0 Å². The van der Waals surface area contributed by atoms with Crippen molar-refractivity contribution >= 4 is 11.6 Å². The van der Waals surface area contributed by atoms with Crippen LogP contribution in [0, 0.1) is 6.92 Å². The van der Waals surface area contributed by atoms with E-state index in [1.54, 1.807) is 25.3 Å². The van der Waals surface area contributed by atoms with E-state index in [0.29, 0.717) is 28.6 Å². The van der Waals surface area contributed by atoms with Crippen LogP contribution in [-0.2, 0) is 6.54 Å². The average Bonchev–Trinajstić information content (AvgIpc) is 3.15. The number of furan rings is 1. The quantitative estimate of drug-likeness (QED) is 0.702. The number of hydrogen-bond donors (Lipinski definition) is 2. The first-order chi connectivity index (χ1) is 10.7. The number of nitrogens with zero attached hydrogens (tertiary/aromatic N) is 1. The molecule has 6 heteroatoms. The first-order valence-corrected chi connectivity index (χ1v) is 7.19. The number of benzene rings is 1. The highest BCUT2D eigenvalue weighted by molar-refractivity contribution is 6.33. The summed E-state index contributed by atoms with van der Waals surface area (Å²) in [6.07, 6.45) is 0.645. The molecule has 1 atom stereocenters. The van der Waals surface area contributed by atoms with Crippen LogP contribution in [0.1, 0.15) is 23.3 Å². The number of aliphatic hydroxyl groups is 1. The van der Waals surface area contributed by atoms with Crippen molar-refractivity contribution in [3.05, 3.63) is 64.8 Å². The van der Waals surface area contributed by atoms with Crippen molar-refractivity contribution in [1.29, 1.82) is 0 Å². The first-order valence-electron chi connectivity index (χ1n) is 6.81. The van der Waals surface area contributed by atoms with E-state index in [-0.39, 0.29) is 0 Å². The molecule has 0 amide bonds. The lowest BCUT2D eigenvalue weighted by atomic mass is 10.0. The highest BCUT2D eigenvalue weighted by Gasteiger charge is 2.23. The molecule has 2 heterocycles. The summed E-state index contributed by atoms with van der Waals surface area (Å²) in [6.45, 7) is 2.14. The van der Waals surface area contributed by atoms with Gasteiger partial charge in [-0.2, -0.15) is 0 Å². The molecule has 0 bridgehead atoms. The van der Waals surface area contributed by atoms with Crippen LogP contribution in [0.4, 0.5) is 0 Å². The van der Waals surface area contributed by atoms with Gasteiger partial charge in [0.2, 0.25) is 0 Å². The average molecular weight is 319 g/mol. The molecule has 2 N–H and O–H groups in total. The summed E-state index contributed by atoms with van der Waals surface area (Å²) < 4.78 is 10.5. The molecule has 5 nitrogen and oxygen atoms in total. The number of hydrogen-bond acceptors (Lipinski definition) is 5. The maximum atomic E-state index is 10.4. The number of aromatic nitrogens is 1. The second kappa shape index (κ2) is 6.36. The number of aryl methyl sites for hydroxylation is 1. The van der Waals surface area contributed by atoms with E-state index in [2.05, 4.69) is 10.5 Å². The lowest BCUT2D eigenvalue weighted by Crippen LogP contribution is -2.21. The zero-order chi connectivity index (χ0) is 15.5. The van der Waals surface area contributed by atoms with Crippen molar-refractivity contribution in [1.82, 2.24) is 10.5 Å². The lowest BCUT2D eigenvalue weighted by molar-refractivity contribution is 0.133. The molecule has 0 radical (unpaired) electrons. The van der Waals surface area contributed by atoms with Gasteiger partial charge in [-0.25, -0.2) is 0 Å². The van der Waals surface area contributed by atoms with Gasteiger partial charge in [0, 0.05) is 5.56 Å². The molecule has 3 rings (SSSR count). The molecule has 0 fully saturated rings. The molecular weight excluding hydrogens is 304 g/mol. The Morgan fingerprint density at radius 2 is 2.09 bits per heavy atom. The standard InChI is InChI=1S/C16H15ClN2O3/c1-10-14(16(20)18-9-11-5-4-8-21-11)15(19-22-10)12-6-2-3-7-13(12)17/h2-8,16,18,20H,9H2,1H3/t16-/m1/s1. The minimum Gasteiger partial charge on any atom is -0.468 e. The Labute approximate surface area is 132 Å². The van der Waals surface area contributed by atoms with Crippen molar-refractivity contribution in [3.63, 3.8) is 0 Å². The second-order valence-electron chi connectivity index (χ2n) is 4.84. The molecule has 0 saturated carbocycles. The van der Waals surface area contributed by atoms with Crippen molar-refractivity contribution in [2.45, 2.75) is 19.7 Å². The van der Waals surface area contributed by atoms with Crippen molar-refractivity contribution in [3.8, 4) is 11.3 Å². The van der Waals surface area contributed by atoms with Crippen LogP contribution in [0.2, 0.25) is 5.02 Å². The molecular formula is C16H15ClN2O3. The third-order valence-electron chi connectivity index (χ3n) is 3.36. The van der Waals surface area contributed by atoms with Crippen LogP contribution < -0.4 is 5.32 Å². The fraction of sp³-hybridized carbons (Fsp3) is 0.188. The monoisotopic (exact) mass is 318 g/mol. The molecule has 0 unspecified atom stereocenters. The Hall–Kier alpha value is -2.08. The Kier molecular flexibility index (Phi) is 4.29. The number of aliphatic hydroxyl groups excluding tert-OH is 1.